The van der Waals surface area contributed by atoms with Crippen molar-refractivity contribution in [3.63, 3.8) is 0 Å². The van der Waals surface area contributed by atoms with Crippen molar-refractivity contribution in [2.45, 2.75) is 31.5 Å². The lowest BCUT2D eigenvalue weighted by molar-refractivity contribution is 0.0624. The van der Waals surface area contributed by atoms with E-state index in [4.69, 9.17) is 21.1 Å². The van der Waals surface area contributed by atoms with Crippen molar-refractivity contribution >= 4 is 11.6 Å². The smallest absolute Gasteiger partial charge is 0.138 e. The molecule has 5 heteroatoms. The highest BCUT2D eigenvalue weighted by Gasteiger charge is 2.30. The lowest BCUT2D eigenvalue weighted by Gasteiger charge is -2.26. The minimum Gasteiger partial charge on any atom is -0.496 e. The van der Waals surface area contributed by atoms with Crippen LogP contribution < -0.4 is 9.47 Å². The van der Waals surface area contributed by atoms with E-state index in [1.807, 2.05) is 36.4 Å². The molecule has 0 aliphatic heterocycles. The summed E-state index contributed by atoms with van der Waals surface area (Å²) in [5, 5.41) is 11.0. The highest BCUT2D eigenvalue weighted by Crippen LogP contribution is 2.30. The molecule has 0 amide bonds. The first-order chi connectivity index (χ1) is 12.2. The van der Waals surface area contributed by atoms with Crippen LogP contribution in [0.3, 0.4) is 0 Å². The van der Waals surface area contributed by atoms with Crippen LogP contribution in [0.5, 0.6) is 11.5 Å². The van der Waals surface area contributed by atoms with Crippen molar-refractivity contribution in [2.75, 3.05) is 20.3 Å². The van der Waals surface area contributed by atoms with Crippen molar-refractivity contribution in [3.05, 3.63) is 59.1 Å². The van der Waals surface area contributed by atoms with Gasteiger partial charge in [0.05, 0.1) is 12.1 Å². The van der Waals surface area contributed by atoms with Crippen LogP contribution >= 0.6 is 11.6 Å². The van der Waals surface area contributed by atoms with Gasteiger partial charge in [0.25, 0.3) is 0 Å². The Hall–Kier alpha value is -1.75. The van der Waals surface area contributed by atoms with Gasteiger partial charge in [0.2, 0.25) is 0 Å². The second-order valence-electron chi connectivity index (χ2n) is 6.37. The lowest BCUT2D eigenvalue weighted by Crippen LogP contribution is -2.36. The Morgan fingerprint density at radius 3 is 2.48 bits per heavy atom. The van der Waals surface area contributed by atoms with Crippen molar-refractivity contribution < 1.29 is 14.6 Å². The summed E-state index contributed by atoms with van der Waals surface area (Å²) in [6.45, 7) is 1.55. The summed E-state index contributed by atoms with van der Waals surface area (Å²) in [5.41, 5.74) is 1.14. The molecule has 0 aromatic heterocycles. The maximum Gasteiger partial charge on any atom is 0.138 e. The van der Waals surface area contributed by atoms with Gasteiger partial charge < -0.3 is 14.6 Å². The monoisotopic (exact) mass is 361 g/mol. The number of methoxy groups -OCH3 is 1. The Bertz CT molecular complexity index is 690. The first kappa shape index (κ1) is 18.1. The third-order valence-electron chi connectivity index (χ3n) is 4.34. The molecule has 0 bridgehead atoms. The van der Waals surface area contributed by atoms with Gasteiger partial charge >= 0.3 is 0 Å². The predicted octanol–water partition coefficient (Wildman–Crippen LogP) is 3.75. The van der Waals surface area contributed by atoms with Crippen molar-refractivity contribution in [1.82, 2.24) is 4.90 Å². The summed E-state index contributed by atoms with van der Waals surface area (Å²) < 4.78 is 11.1. The van der Waals surface area contributed by atoms with Gasteiger partial charge in [0.1, 0.15) is 24.2 Å². The molecular formula is C20H24ClNO3. The number of halogens is 1. The predicted molar refractivity (Wildman–Crippen MR) is 99.4 cm³/mol. The summed E-state index contributed by atoms with van der Waals surface area (Å²) in [7, 11) is 1.69. The fraction of sp³-hybridized carbons (Fsp3) is 0.400. The third kappa shape index (κ3) is 5.11. The van der Waals surface area contributed by atoms with Crippen molar-refractivity contribution in [2.24, 2.45) is 0 Å². The lowest BCUT2D eigenvalue weighted by atomic mass is 10.1. The largest absolute Gasteiger partial charge is 0.496 e. The minimum absolute atomic E-state index is 0.221. The SMILES string of the molecule is COc1ccccc1CN(CC(O)COc1ccccc1Cl)C1CC1. The molecule has 0 heterocycles. The Morgan fingerprint density at radius 2 is 1.80 bits per heavy atom. The molecule has 1 aliphatic carbocycles. The van der Waals surface area contributed by atoms with Gasteiger partial charge in [-0.2, -0.15) is 0 Å². The van der Waals surface area contributed by atoms with Crippen LogP contribution in [0.15, 0.2) is 48.5 Å². The van der Waals surface area contributed by atoms with Crippen LogP contribution in [0.1, 0.15) is 18.4 Å². The molecule has 1 fully saturated rings. The van der Waals surface area contributed by atoms with Crippen LogP contribution in [0.25, 0.3) is 0 Å². The van der Waals surface area contributed by atoms with Gasteiger partial charge in [-0.15, -0.1) is 0 Å². The second-order valence-corrected chi connectivity index (χ2v) is 6.77. The summed E-state index contributed by atoms with van der Waals surface area (Å²) in [6.07, 6.45) is 1.77. The van der Waals surface area contributed by atoms with Crippen LogP contribution in [-0.2, 0) is 6.54 Å². The molecule has 1 unspecified atom stereocenters. The zero-order chi connectivity index (χ0) is 17.6. The molecule has 134 valence electrons. The van der Waals surface area contributed by atoms with E-state index in [1.54, 1.807) is 13.2 Å². The van der Waals surface area contributed by atoms with Gasteiger partial charge in [0, 0.05) is 24.7 Å². The van der Waals surface area contributed by atoms with E-state index in [9.17, 15) is 5.11 Å². The maximum absolute atomic E-state index is 10.4. The topological polar surface area (TPSA) is 41.9 Å². The van der Waals surface area contributed by atoms with E-state index in [-0.39, 0.29) is 6.61 Å². The zero-order valence-electron chi connectivity index (χ0n) is 14.4. The summed E-state index contributed by atoms with van der Waals surface area (Å²) >= 11 is 6.08. The van der Waals surface area contributed by atoms with E-state index in [0.29, 0.717) is 23.4 Å². The summed E-state index contributed by atoms with van der Waals surface area (Å²) in [6, 6.07) is 15.9. The van der Waals surface area contributed by atoms with E-state index in [1.165, 1.54) is 12.8 Å². The Balaban J connectivity index is 1.57. The quantitative estimate of drug-likeness (QED) is 0.738. The van der Waals surface area contributed by atoms with Gasteiger partial charge in [-0.3, -0.25) is 4.90 Å². The van der Waals surface area contributed by atoms with E-state index in [2.05, 4.69) is 11.0 Å². The van der Waals surface area contributed by atoms with Crippen LogP contribution in [0.2, 0.25) is 5.02 Å². The maximum atomic E-state index is 10.4. The Morgan fingerprint density at radius 1 is 1.12 bits per heavy atom. The number of aliphatic hydroxyl groups excluding tert-OH is 1. The third-order valence-corrected chi connectivity index (χ3v) is 4.65. The highest BCUT2D eigenvalue weighted by atomic mass is 35.5. The molecule has 1 atom stereocenters. The molecule has 0 saturated heterocycles. The standard InChI is InChI=1S/C20H24ClNO3/c1-24-19-8-4-2-6-15(19)12-22(16-10-11-16)13-17(23)14-25-20-9-5-3-7-18(20)21/h2-9,16-17,23H,10-14H2,1H3. The van der Waals surface area contributed by atoms with E-state index >= 15 is 0 Å². The second kappa shape index (κ2) is 8.56. The van der Waals surface area contributed by atoms with Gasteiger partial charge in [-0.1, -0.05) is 41.9 Å². The molecule has 1 aliphatic rings. The van der Waals surface area contributed by atoms with Crippen LogP contribution in [0, 0.1) is 0 Å². The van der Waals surface area contributed by atoms with E-state index < -0.39 is 6.10 Å². The molecule has 2 aromatic rings. The number of nitrogens with zero attached hydrogens (tertiary/aromatic N) is 1. The van der Waals surface area contributed by atoms with E-state index in [0.717, 1.165) is 17.9 Å². The molecule has 0 radical (unpaired) electrons. The number of aliphatic hydroxyl groups is 1. The van der Waals surface area contributed by atoms with Gasteiger partial charge in [-0.05, 0) is 31.0 Å². The summed E-state index contributed by atoms with van der Waals surface area (Å²) in [4.78, 5) is 2.30. The molecular weight excluding hydrogens is 338 g/mol. The Labute approximate surface area is 153 Å². The zero-order valence-corrected chi connectivity index (χ0v) is 15.2. The number of hydrogen-bond donors (Lipinski definition) is 1. The number of para-hydroxylation sites is 2. The number of hydrogen-bond acceptors (Lipinski definition) is 4. The van der Waals surface area contributed by atoms with Crippen molar-refractivity contribution in [3.8, 4) is 11.5 Å². The normalized spacial score (nSPS) is 15.2. The average molecular weight is 362 g/mol. The van der Waals surface area contributed by atoms with Crippen LogP contribution in [-0.4, -0.2) is 42.4 Å². The Kier molecular flexibility index (Phi) is 6.19. The molecule has 3 rings (SSSR count). The average Bonchev–Trinajstić information content (AvgIpc) is 3.46. The number of ether oxygens (including phenoxy) is 2. The molecule has 0 spiro atoms. The molecule has 25 heavy (non-hydrogen) atoms. The molecule has 1 N–H and O–H groups in total. The number of benzene rings is 2. The molecule has 2 aromatic carbocycles. The highest BCUT2D eigenvalue weighted by molar-refractivity contribution is 6.32. The first-order valence-electron chi connectivity index (χ1n) is 8.58. The van der Waals surface area contributed by atoms with Gasteiger partial charge in [0.15, 0.2) is 0 Å². The van der Waals surface area contributed by atoms with Crippen molar-refractivity contribution in [1.29, 1.82) is 0 Å². The van der Waals surface area contributed by atoms with Gasteiger partial charge in [-0.25, -0.2) is 0 Å². The summed E-state index contributed by atoms with van der Waals surface area (Å²) in [5.74, 6) is 1.49. The fourth-order valence-corrected chi connectivity index (χ4v) is 3.10. The molecule has 1 saturated carbocycles. The number of rotatable bonds is 9. The minimum atomic E-state index is -0.577. The first-order valence-corrected chi connectivity index (χ1v) is 8.96. The van der Waals surface area contributed by atoms with Crippen LogP contribution in [0.4, 0.5) is 0 Å². The molecule has 4 nitrogen and oxygen atoms in total. The fourth-order valence-electron chi connectivity index (χ4n) is 2.91.